The van der Waals surface area contributed by atoms with E-state index in [0.717, 1.165) is 15.1 Å². The van der Waals surface area contributed by atoms with E-state index in [1.54, 1.807) is 12.1 Å². The summed E-state index contributed by atoms with van der Waals surface area (Å²) in [6, 6.07) is 8.79. The van der Waals surface area contributed by atoms with Gasteiger partial charge in [-0.1, -0.05) is 11.6 Å². The zero-order valence-corrected chi connectivity index (χ0v) is 13.4. The molecule has 0 aliphatic carbocycles. The molecule has 0 bridgehead atoms. The Balaban J connectivity index is 2.10. The number of hydrogen-bond donors (Lipinski definition) is 1. The van der Waals surface area contributed by atoms with Gasteiger partial charge in [0.25, 0.3) is 5.91 Å². The monoisotopic (exact) mass is 389 g/mol. The van der Waals surface area contributed by atoms with Crippen LogP contribution >= 0.6 is 34.2 Å². The van der Waals surface area contributed by atoms with Crippen molar-refractivity contribution in [2.45, 2.75) is 19.9 Å². The molecule has 1 amide bonds. The molecule has 1 heterocycles. The largest absolute Gasteiger partial charge is 0.464 e. The van der Waals surface area contributed by atoms with Gasteiger partial charge >= 0.3 is 0 Å². The molecule has 0 aliphatic rings. The number of hydrogen-bond acceptors (Lipinski definition) is 2. The van der Waals surface area contributed by atoms with Crippen molar-refractivity contribution in [3.05, 3.63) is 56.0 Å². The fourth-order valence-electron chi connectivity index (χ4n) is 1.67. The SMILES string of the molecule is Cc1ccc(C(C)NC(=O)c2ccc(I)c(Cl)c2)o1. The molecule has 0 fully saturated rings. The van der Waals surface area contributed by atoms with Crippen molar-refractivity contribution in [2.75, 3.05) is 0 Å². The van der Waals surface area contributed by atoms with Crippen LogP contribution in [0.2, 0.25) is 5.02 Å². The van der Waals surface area contributed by atoms with Crippen LogP contribution in [0.1, 0.15) is 34.8 Å². The Hall–Kier alpha value is -1.01. The van der Waals surface area contributed by atoms with Gasteiger partial charge in [-0.25, -0.2) is 0 Å². The Morgan fingerprint density at radius 1 is 1.37 bits per heavy atom. The Morgan fingerprint density at radius 2 is 2.11 bits per heavy atom. The lowest BCUT2D eigenvalue weighted by Gasteiger charge is -2.12. The first-order valence-corrected chi connectivity index (χ1v) is 7.25. The topological polar surface area (TPSA) is 42.2 Å². The third kappa shape index (κ3) is 3.51. The van der Waals surface area contributed by atoms with E-state index in [0.29, 0.717) is 10.6 Å². The van der Waals surface area contributed by atoms with Crippen molar-refractivity contribution in [1.29, 1.82) is 0 Å². The van der Waals surface area contributed by atoms with Gasteiger partial charge in [-0.15, -0.1) is 0 Å². The summed E-state index contributed by atoms with van der Waals surface area (Å²) in [5.74, 6) is 1.40. The van der Waals surface area contributed by atoms with Crippen LogP contribution in [0.25, 0.3) is 0 Å². The summed E-state index contributed by atoms with van der Waals surface area (Å²) < 4.78 is 6.40. The minimum Gasteiger partial charge on any atom is -0.464 e. The van der Waals surface area contributed by atoms with Crippen LogP contribution in [0.15, 0.2) is 34.7 Å². The van der Waals surface area contributed by atoms with Gasteiger partial charge in [0.05, 0.1) is 11.1 Å². The molecule has 2 rings (SSSR count). The number of carbonyl (C=O) groups excluding carboxylic acids is 1. The van der Waals surface area contributed by atoms with Crippen molar-refractivity contribution >= 4 is 40.1 Å². The predicted molar refractivity (Wildman–Crippen MR) is 83.5 cm³/mol. The van der Waals surface area contributed by atoms with Crippen molar-refractivity contribution in [3.8, 4) is 0 Å². The van der Waals surface area contributed by atoms with Gasteiger partial charge in [0, 0.05) is 9.13 Å². The summed E-state index contributed by atoms with van der Waals surface area (Å²) in [5.41, 5.74) is 0.542. The second kappa shape index (κ2) is 5.96. The highest BCUT2D eigenvalue weighted by molar-refractivity contribution is 14.1. The van der Waals surface area contributed by atoms with Crippen LogP contribution in [-0.2, 0) is 0 Å². The maximum absolute atomic E-state index is 12.1. The second-order valence-corrected chi connectivity index (χ2v) is 5.84. The highest BCUT2D eigenvalue weighted by Gasteiger charge is 2.14. The van der Waals surface area contributed by atoms with E-state index in [4.69, 9.17) is 16.0 Å². The first kappa shape index (κ1) is 14.4. The molecule has 3 nitrogen and oxygen atoms in total. The van der Waals surface area contributed by atoms with E-state index in [2.05, 4.69) is 27.9 Å². The van der Waals surface area contributed by atoms with Gasteiger partial charge in [0.2, 0.25) is 0 Å². The van der Waals surface area contributed by atoms with E-state index >= 15 is 0 Å². The smallest absolute Gasteiger partial charge is 0.251 e. The summed E-state index contributed by atoms with van der Waals surface area (Å²) >= 11 is 8.13. The molecular weight excluding hydrogens is 377 g/mol. The van der Waals surface area contributed by atoms with Gasteiger partial charge in [-0.05, 0) is 66.8 Å². The number of carbonyl (C=O) groups is 1. The minimum atomic E-state index is -0.181. The van der Waals surface area contributed by atoms with Gasteiger partial charge in [0.1, 0.15) is 11.5 Å². The molecule has 0 saturated heterocycles. The molecule has 1 unspecified atom stereocenters. The molecule has 0 radical (unpaired) electrons. The summed E-state index contributed by atoms with van der Waals surface area (Å²) in [6.07, 6.45) is 0. The van der Waals surface area contributed by atoms with Crippen LogP contribution < -0.4 is 5.32 Å². The summed E-state index contributed by atoms with van der Waals surface area (Å²) in [5, 5.41) is 3.46. The molecule has 1 atom stereocenters. The van der Waals surface area contributed by atoms with E-state index in [9.17, 15) is 4.79 Å². The highest BCUT2D eigenvalue weighted by Crippen LogP contribution is 2.21. The molecule has 19 heavy (non-hydrogen) atoms. The molecule has 5 heteroatoms. The number of benzene rings is 1. The Morgan fingerprint density at radius 3 is 2.68 bits per heavy atom. The van der Waals surface area contributed by atoms with Crippen molar-refractivity contribution < 1.29 is 9.21 Å². The number of nitrogens with one attached hydrogen (secondary N) is 1. The molecule has 0 aliphatic heterocycles. The third-order valence-corrected chi connectivity index (χ3v) is 4.29. The number of furan rings is 1. The number of aryl methyl sites for hydroxylation is 1. The fraction of sp³-hybridized carbons (Fsp3) is 0.214. The van der Waals surface area contributed by atoms with Gasteiger partial charge in [0.15, 0.2) is 0 Å². The average molecular weight is 390 g/mol. The molecule has 100 valence electrons. The number of halogens is 2. The minimum absolute atomic E-state index is 0.167. The normalized spacial score (nSPS) is 12.2. The zero-order valence-electron chi connectivity index (χ0n) is 10.5. The molecule has 1 aromatic heterocycles. The van der Waals surface area contributed by atoms with Crippen molar-refractivity contribution in [1.82, 2.24) is 5.32 Å². The number of rotatable bonds is 3. The molecule has 2 aromatic rings. The summed E-state index contributed by atoms with van der Waals surface area (Å²) in [6.45, 7) is 3.75. The van der Waals surface area contributed by atoms with Crippen LogP contribution in [0.4, 0.5) is 0 Å². The quantitative estimate of drug-likeness (QED) is 0.794. The van der Waals surface area contributed by atoms with E-state index in [1.807, 2.05) is 32.0 Å². The lowest BCUT2D eigenvalue weighted by molar-refractivity contribution is 0.0935. The van der Waals surface area contributed by atoms with Crippen molar-refractivity contribution in [2.24, 2.45) is 0 Å². The molecular formula is C14H13ClINO2. The van der Waals surface area contributed by atoms with Crippen molar-refractivity contribution in [3.63, 3.8) is 0 Å². The Kier molecular flexibility index (Phi) is 4.52. The fourth-order valence-corrected chi connectivity index (χ4v) is 2.19. The standard InChI is InChI=1S/C14H13ClINO2/c1-8-3-6-13(19-8)9(2)17-14(18)10-4-5-12(16)11(15)7-10/h3-7,9H,1-2H3,(H,17,18). The Bertz CT molecular complexity index is 609. The first-order chi connectivity index (χ1) is 8.97. The maximum Gasteiger partial charge on any atom is 0.251 e. The maximum atomic E-state index is 12.1. The molecule has 1 N–H and O–H groups in total. The lowest BCUT2D eigenvalue weighted by Crippen LogP contribution is -2.26. The second-order valence-electron chi connectivity index (χ2n) is 4.27. The highest BCUT2D eigenvalue weighted by atomic mass is 127. The van der Waals surface area contributed by atoms with Crippen LogP contribution in [-0.4, -0.2) is 5.91 Å². The zero-order chi connectivity index (χ0) is 14.0. The number of amides is 1. The lowest BCUT2D eigenvalue weighted by atomic mass is 10.2. The van der Waals surface area contributed by atoms with Crippen LogP contribution in [0.3, 0.4) is 0 Å². The van der Waals surface area contributed by atoms with E-state index in [1.165, 1.54) is 0 Å². The van der Waals surface area contributed by atoms with Crippen LogP contribution in [0, 0.1) is 10.5 Å². The Labute approximate surface area is 130 Å². The molecule has 1 aromatic carbocycles. The van der Waals surface area contributed by atoms with Gasteiger partial charge in [-0.3, -0.25) is 4.79 Å². The van der Waals surface area contributed by atoms with E-state index < -0.39 is 0 Å². The molecule has 0 saturated carbocycles. The van der Waals surface area contributed by atoms with Gasteiger partial charge < -0.3 is 9.73 Å². The van der Waals surface area contributed by atoms with Crippen LogP contribution in [0.5, 0.6) is 0 Å². The first-order valence-electron chi connectivity index (χ1n) is 5.79. The predicted octanol–water partition coefficient (Wildman–Crippen LogP) is 4.34. The average Bonchev–Trinajstić information content (AvgIpc) is 2.79. The molecule has 0 spiro atoms. The van der Waals surface area contributed by atoms with E-state index in [-0.39, 0.29) is 11.9 Å². The van der Waals surface area contributed by atoms with Gasteiger partial charge in [-0.2, -0.15) is 0 Å². The summed E-state index contributed by atoms with van der Waals surface area (Å²) in [4.78, 5) is 12.1. The third-order valence-electron chi connectivity index (χ3n) is 2.72. The summed E-state index contributed by atoms with van der Waals surface area (Å²) in [7, 11) is 0.